The molecule has 1 saturated carbocycles. The number of hydrogen-bond acceptors (Lipinski definition) is 3. The van der Waals surface area contributed by atoms with Gasteiger partial charge in [0.2, 0.25) is 5.91 Å². The van der Waals surface area contributed by atoms with Crippen molar-refractivity contribution in [2.24, 2.45) is 0 Å². The predicted octanol–water partition coefficient (Wildman–Crippen LogP) is 2.91. The molecule has 1 fully saturated rings. The van der Waals surface area contributed by atoms with E-state index in [0.29, 0.717) is 6.54 Å². The summed E-state index contributed by atoms with van der Waals surface area (Å²) in [5.74, 6) is 0.0203. The zero-order valence-electron chi connectivity index (χ0n) is 13.4. The lowest BCUT2D eigenvalue weighted by Gasteiger charge is -2.36. The fourth-order valence-electron chi connectivity index (χ4n) is 2.72. The summed E-state index contributed by atoms with van der Waals surface area (Å²) in [5.41, 5.74) is -0.479. The smallest absolute Gasteiger partial charge is 0.407 e. The number of rotatable bonds is 4. The molecule has 0 radical (unpaired) electrons. The minimum Gasteiger partial charge on any atom is -0.444 e. The predicted molar refractivity (Wildman–Crippen MR) is 83.5 cm³/mol. The van der Waals surface area contributed by atoms with Crippen LogP contribution in [0, 0.1) is 0 Å². The molecule has 0 heterocycles. The second-order valence-corrected chi connectivity index (χ2v) is 6.73. The summed E-state index contributed by atoms with van der Waals surface area (Å²) in [6, 6.07) is 0.360. The minimum atomic E-state index is -0.479. The average Bonchev–Trinajstić information content (AvgIpc) is 2.39. The maximum absolute atomic E-state index is 11.8. The first-order chi connectivity index (χ1) is 9.76. The Morgan fingerprint density at radius 3 is 2.24 bits per heavy atom. The Balaban J connectivity index is 2.41. The minimum absolute atomic E-state index is 0.0114. The van der Waals surface area contributed by atoms with Gasteiger partial charge in [-0.3, -0.25) is 4.79 Å². The highest BCUT2D eigenvalue weighted by atomic mass is 35.5. The van der Waals surface area contributed by atoms with E-state index in [0.717, 1.165) is 25.7 Å². The van der Waals surface area contributed by atoms with Gasteiger partial charge in [0, 0.05) is 18.6 Å². The van der Waals surface area contributed by atoms with E-state index in [1.54, 1.807) is 0 Å². The highest BCUT2D eigenvalue weighted by molar-refractivity contribution is 6.27. The monoisotopic (exact) mass is 318 g/mol. The molecule has 0 saturated heterocycles. The number of carbonyl (C=O) groups excluding carboxylic acids is 2. The lowest BCUT2D eigenvalue weighted by Crippen LogP contribution is -2.47. The van der Waals surface area contributed by atoms with Crippen molar-refractivity contribution in [3.8, 4) is 0 Å². The Kier molecular flexibility index (Phi) is 6.78. The normalized spacial score (nSPS) is 22.5. The Bertz CT molecular complexity index is 360. The Labute approximate surface area is 132 Å². The Hall–Kier alpha value is -0.970. The Morgan fingerprint density at radius 1 is 1.24 bits per heavy atom. The maximum atomic E-state index is 11.8. The van der Waals surface area contributed by atoms with Crippen molar-refractivity contribution < 1.29 is 14.3 Å². The standard InChI is InChI=1S/C15H27ClN2O3/c1-5-18(13(19)10-16)12-8-6-11(7-9-12)17-14(20)21-15(2,3)4/h11-12H,5-10H2,1-4H3,(H,17,20). The molecule has 0 aliphatic heterocycles. The largest absolute Gasteiger partial charge is 0.444 e. The van der Waals surface area contributed by atoms with Gasteiger partial charge in [0.25, 0.3) is 0 Å². The number of ether oxygens (including phenoxy) is 1. The number of alkyl halides is 1. The number of amides is 2. The van der Waals surface area contributed by atoms with Crippen molar-refractivity contribution in [2.75, 3.05) is 12.4 Å². The first kappa shape index (κ1) is 18.1. The molecule has 6 heteroatoms. The quantitative estimate of drug-likeness (QED) is 0.811. The number of nitrogens with one attached hydrogen (secondary N) is 1. The van der Waals surface area contributed by atoms with E-state index in [1.807, 2.05) is 32.6 Å². The molecule has 21 heavy (non-hydrogen) atoms. The van der Waals surface area contributed by atoms with E-state index >= 15 is 0 Å². The number of nitrogens with zero attached hydrogens (tertiary/aromatic N) is 1. The third-order valence-corrected chi connectivity index (χ3v) is 3.86. The molecule has 1 aliphatic rings. The summed E-state index contributed by atoms with van der Waals surface area (Å²) in [7, 11) is 0. The summed E-state index contributed by atoms with van der Waals surface area (Å²) in [6.07, 6.45) is 3.12. The van der Waals surface area contributed by atoms with E-state index in [1.165, 1.54) is 0 Å². The molecule has 2 amide bonds. The van der Waals surface area contributed by atoms with Crippen LogP contribution in [0.4, 0.5) is 4.79 Å². The lowest BCUT2D eigenvalue weighted by atomic mass is 9.90. The summed E-state index contributed by atoms with van der Waals surface area (Å²) in [5, 5.41) is 2.91. The molecule has 0 aromatic rings. The molecule has 122 valence electrons. The molecular weight excluding hydrogens is 292 g/mol. The number of hydrogen-bond donors (Lipinski definition) is 1. The summed E-state index contributed by atoms with van der Waals surface area (Å²) in [4.78, 5) is 25.3. The molecule has 1 N–H and O–H groups in total. The van der Waals surface area contributed by atoms with Gasteiger partial charge in [-0.2, -0.15) is 0 Å². The summed E-state index contributed by atoms with van der Waals surface area (Å²) in [6.45, 7) is 8.19. The van der Waals surface area contributed by atoms with E-state index in [2.05, 4.69) is 5.32 Å². The van der Waals surface area contributed by atoms with Crippen LogP contribution in [0.1, 0.15) is 53.4 Å². The molecule has 1 rings (SSSR count). The van der Waals surface area contributed by atoms with Crippen molar-refractivity contribution in [3.05, 3.63) is 0 Å². The zero-order chi connectivity index (χ0) is 16.0. The van der Waals surface area contributed by atoms with Crippen LogP contribution < -0.4 is 5.32 Å². The van der Waals surface area contributed by atoms with Gasteiger partial charge in [-0.05, 0) is 53.4 Å². The molecule has 0 aromatic heterocycles. The third kappa shape index (κ3) is 6.12. The highest BCUT2D eigenvalue weighted by Crippen LogP contribution is 2.24. The van der Waals surface area contributed by atoms with Crippen LogP contribution >= 0.6 is 11.6 Å². The SMILES string of the molecule is CCN(C(=O)CCl)C1CCC(NC(=O)OC(C)(C)C)CC1. The first-order valence-electron chi connectivity index (χ1n) is 7.61. The van der Waals surface area contributed by atoms with Crippen molar-refractivity contribution in [3.63, 3.8) is 0 Å². The van der Waals surface area contributed by atoms with Crippen LogP contribution in [0.5, 0.6) is 0 Å². The van der Waals surface area contributed by atoms with Crippen LogP contribution in [-0.2, 0) is 9.53 Å². The molecule has 0 aromatic carbocycles. The van der Waals surface area contributed by atoms with E-state index in [-0.39, 0.29) is 30.0 Å². The van der Waals surface area contributed by atoms with Crippen LogP contribution in [0.2, 0.25) is 0 Å². The molecule has 0 unspecified atom stereocenters. The van der Waals surface area contributed by atoms with E-state index < -0.39 is 5.60 Å². The summed E-state index contributed by atoms with van der Waals surface area (Å²) < 4.78 is 5.26. The first-order valence-corrected chi connectivity index (χ1v) is 8.15. The number of carbonyl (C=O) groups is 2. The molecule has 0 atom stereocenters. The van der Waals surface area contributed by atoms with Gasteiger partial charge < -0.3 is 15.0 Å². The fraction of sp³-hybridized carbons (Fsp3) is 0.867. The van der Waals surface area contributed by atoms with Crippen LogP contribution in [0.25, 0.3) is 0 Å². The summed E-state index contributed by atoms with van der Waals surface area (Å²) >= 11 is 5.64. The van der Waals surface area contributed by atoms with Gasteiger partial charge in [-0.15, -0.1) is 11.6 Å². The van der Waals surface area contributed by atoms with Gasteiger partial charge >= 0.3 is 6.09 Å². The fourth-order valence-corrected chi connectivity index (χ4v) is 2.87. The van der Waals surface area contributed by atoms with Gasteiger partial charge in [0.1, 0.15) is 11.5 Å². The molecule has 1 aliphatic carbocycles. The van der Waals surface area contributed by atoms with Crippen LogP contribution in [0.3, 0.4) is 0 Å². The Morgan fingerprint density at radius 2 is 1.81 bits per heavy atom. The van der Waals surface area contributed by atoms with Gasteiger partial charge in [-0.1, -0.05) is 0 Å². The van der Waals surface area contributed by atoms with Crippen LogP contribution in [0.15, 0.2) is 0 Å². The second kappa shape index (κ2) is 7.87. The number of halogens is 1. The van der Waals surface area contributed by atoms with Crippen molar-refractivity contribution in [2.45, 2.75) is 71.1 Å². The molecular formula is C15H27ClN2O3. The average molecular weight is 319 g/mol. The van der Waals surface area contributed by atoms with Crippen molar-refractivity contribution in [1.82, 2.24) is 10.2 Å². The topological polar surface area (TPSA) is 58.6 Å². The second-order valence-electron chi connectivity index (χ2n) is 6.47. The van der Waals surface area contributed by atoms with Gasteiger partial charge in [0.05, 0.1) is 0 Å². The number of alkyl carbamates (subject to hydrolysis) is 1. The zero-order valence-corrected chi connectivity index (χ0v) is 14.2. The lowest BCUT2D eigenvalue weighted by molar-refractivity contribution is -0.131. The maximum Gasteiger partial charge on any atom is 0.407 e. The molecule has 0 bridgehead atoms. The third-order valence-electron chi connectivity index (χ3n) is 3.63. The molecule has 5 nitrogen and oxygen atoms in total. The van der Waals surface area contributed by atoms with Crippen LogP contribution in [-0.4, -0.2) is 47.0 Å². The van der Waals surface area contributed by atoms with E-state index in [9.17, 15) is 9.59 Å². The van der Waals surface area contributed by atoms with Crippen molar-refractivity contribution >= 4 is 23.6 Å². The highest BCUT2D eigenvalue weighted by Gasteiger charge is 2.29. The van der Waals surface area contributed by atoms with Crippen molar-refractivity contribution in [1.29, 1.82) is 0 Å². The van der Waals surface area contributed by atoms with Gasteiger partial charge in [0.15, 0.2) is 0 Å². The van der Waals surface area contributed by atoms with Gasteiger partial charge in [-0.25, -0.2) is 4.79 Å². The van der Waals surface area contributed by atoms with E-state index in [4.69, 9.17) is 16.3 Å². The molecule has 0 spiro atoms.